The summed E-state index contributed by atoms with van der Waals surface area (Å²) in [6.07, 6.45) is 9.44. The predicted octanol–water partition coefficient (Wildman–Crippen LogP) is 4.94. The van der Waals surface area contributed by atoms with Gasteiger partial charge in [-0.2, -0.15) is 17.7 Å². The molecule has 0 spiro atoms. The number of aromatic nitrogens is 2. The zero-order valence-corrected chi connectivity index (χ0v) is 21.8. The van der Waals surface area contributed by atoms with Crippen molar-refractivity contribution in [3.8, 4) is 0 Å². The molecule has 182 valence electrons. The van der Waals surface area contributed by atoms with Gasteiger partial charge >= 0.3 is 6.18 Å². The van der Waals surface area contributed by atoms with Crippen LogP contribution in [0.5, 0.6) is 0 Å². The molecule has 0 N–H and O–H groups in total. The summed E-state index contributed by atoms with van der Waals surface area (Å²) < 4.78 is 44.9. The number of alkyl halides is 3. The molecule has 1 aliphatic rings. The smallest absolute Gasteiger partial charge is 0.416 e. The fourth-order valence-electron chi connectivity index (χ4n) is 5.81. The van der Waals surface area contributed by atoms with E-state index in [2.05, 4.69) is 15.3 Å². The predicted molar refractivity (Wildman–Crippen MR) is 128 cm³/mol. The summed E-state index contributed by atoms with van der Waals surface area (Å²) in [6.45, 7) is 0.828. The van der Waals surface area contributed by atoms with Gasteiger partial charge in [0.25, 0.3) is 0 Å². The third kappa shape index (κ3) is 4.93. The van der Waals surface area contributed by atoms with Crippen molar-refractivity contribution < 1.29 is 41.7 Å². The normalized spacial score (nSPS) is 15.3. The Morgan fingerprint density at radius 2 is 1.68 bits per heavy atom. The van der Waals surface area contributed by atoms with Crippen LogP contribution in [0.15, 0.2) is 48.7 Å². The largest absolute Gasteiger partial charge is 1.00 e. The van der Waals surface area contributed by atoms with Crippen LogP contribution in [0, 0.1) is 5.92 Å². The Labute approximate surface area is 216 Å². The van der Waals surface area contributed by atoms with Crippen LogP contribution in [-0.4, -0.2) is 4.57 Å². The number of aryl methyl sites for hydroxylation is 2. The van der Waals surface area contributed by atoms with Gasteiger partial charge in [-0.1, -0.05) is 63.5 Å². The summed E-state index contributed by atoms with van der Waals surface area (Å²) in [4.78, 5) is 0. The van der Waals surface area contributed by atoms with E-state index < -0.39 is 11.7 Å². The molecule has 0 unspecified atom stereocenters. The van der Waals surface area contributed by atoms with Crippen molar-refractivity contribution in [2.45, 2.75) is 70.5 Å². The Hall–Kier alpha value is -1.83. The molecule has 6 heteroatoms. The van der Waals surface area contributed by atoms with Crippen LogP contribution in [0.25, 0.3) is 32.7 Å². The van der Waals surface area contributed by atoms with Crippen LogP contribution in [0.3, 0.4) is 0 Å². The first-order valence-electron chi connectivity index (χ1n) is 12.3. The molecule has 2 nitrogen and oxygen atoms in total. The lowest BCUT2D eigenvalue weighted by Crippen LogP contribution is -3.00. The number of nitrogens with zero attached hydrogens (tertiary/aromatic N) is 2. The molecule has 5 rings (SSSR count). The number of pyridine rings is 1. The van der Waals surface area contributed by atoms with E-state index in [1.54, 1.807) is 6.07 Å². The number of unbranched alkanes of at least 4 members (excludes halogenated alkanes) is 2. The van der Waals surface area contributed by atoms with Crippen molar-refractivity contribution in [3.05, 3.63) is 54.2 Å². The van der Waals surface area contributed by atoms with Gasteiger partial charge in [0.15, 0.2) is 6.20 Å². The topological polar surface area (TPSA) is 8.81 Å². The average Bonchev–Trinajstić information content (AvgIpc) is 3.12. The van der Waals surface area contributed by atoms with Crippen molar-refractivity contribution in [2.75, 3.05) is 0 Å². The molecule has 0 saturated heterocycles. The molecule has 4 aromatic rings. The van der Waals surface area contributed by atoms with Crippen LogP contribution in [0.4, 0.5) is 13.2 Å². The molecule has 0 radical (unpaired) electrons. The number of para-hydroxylation sites is 1. The third-order valence-electron chi connectivity index (χ3n) is 7.52. The zero-order chi connectivity index (χ0) is 23.0. The second kappa shape index (κ2) is 10.4. The van der Waals surface area contributed by atoms with Crippen molar-refractivity contribution in [1.82, 2.24) is 4.57 Å². The van der Waals surface area contributed by atoms with E-state index >= 15 is 0 Å². The summed E-state index contributed by atoms with van der Waals surface area (Å²) in [5.74, 6) is 0.901. The Morgan fingerprint density at radius 1 is 0.912 bits per heavy atom. The van der Waals surface area contributed by atoms with Crippen LogP contribution >= 0.6 is 0 Å². The van der Waals surface area contributed by atoms with Crippen LogP contribution in [0.2, 0.25) is 0 Å². The van der Waals surface area contributed by atoms with Crippen molar-refractivity contribution in [1.29, 1.82) is 0 Å². The van der Waals surface area contributed by atoms with Crippen LogP contribution < -0.4 is 28.5 Å². The molecular weight excluding hydrogens is 548 g/mol. The Morgan fingerprint density at radius 3 is 2.44 bits per heavy atom. The summed E-state index contributed by atoms with van der Waals surface area (Å²) in [5.41, 5.74) is 2.34. The van der Waals surface area contributed by atoms with Crippen molar-refractivity contribution in [2.24, 2.45) is 13.0 Å². The standard InChI is InChI=1S/C28H32F3N2.HI/c1-32-19-26-27(22-13-7-8-14-24(22)32)23-18-21(28(29,30)31)15-16-25(23)33(26)17-9-3-6-12-20-10-4-2-5-11-20;/h7-8,13-16,18-20H,2-6,9-12,17H2,1H3;1H/q+1;/p-1. The van der Waals surface area contributed by atoms with E-state index in [9.17, 15) is 13.2 Å². The van der Waals surface area contributed by atoms with Crippen LogP contribution in [-0.2, 0) is 19.8 Å². The Bertz CT molecular complexity index is 1290. The molecule has 1 fully saturated rings. The lowest BCUT2D eigenvalue weighted by atomic mass is 9.85. The van der Waals surface area contributed by atoms with E-state index in [1.807, 2.05) is 31.3 Å². The maximum atomic E-state index is 13.5. The van der Waals surface area contributed by atoms with Gasteiger partial charge in [0.05, 0.1) is 10.9 Å². The van der Waals surface area contributed by atoms with E-state index in [0.29, 0.717) is 5.39 Å². The number of halogens is 4. The van der Waals surface area contributed by atoms with Gasteiger partial charge in [0.1, 0.15) is 12.6 Å². The highest BCUT2D eigenvalue weighted by molar-refractivity contribution is 6.19. The zero-order valence-electron chi connectivity index (χ0n) is 19.7. The van der Waals surface area contributed by atoms with Gasteiger partial charge in [-0.05, 0) is 36.6 Å². The highest BCUT2D eigenvalue weighted by Gasteiger charge is 2.31. The molecule has 2 heterocycles. The first kappa shape index (κ1) is 25.3. The number of benzene rings is 2. The van der Waals surface area contributed by atoms with Gasteiger partial charge in [-0.25, -0.2) is 0 Å². The molecule has 1 aliphatic carbocycles. The van der Waals surface area contributed by atoms with E-state index in [1.165, 1.54) is 57.1 Å². The van der Waals surface area contributed by atoms with Gasteiger partial charge in [-0.3, -0.25) is 0 Å². The molecule has 34 heavy (non-hydrogen) atoms. The Balaban J connectivity index is 0.00000274. The minimum absolute atomic E-state index is 0. The van der Waals surface area contributed by atoms with Crippen molar-refractivity contribution in [3.63, 3.8) is 0 Å². The fraction of sp³-hybridized carbons (Fsp3) is 0.464. The second-order valence-corrected chi connectivity index (χ2v) is 9.75. The summed E-state index contributed by atoms with van der Waals surface area (Å²) in [5, 5.41) is 2.61. The lowest BCUT2D eigenvalue weighted by molar-refractivity contribution is -0.643. The van der Waals surface area contributed by atoms with Crippen LogP contribution in [0.1, 0.15) is 63.4 Å². The maximum absolute atomic E-state index is 13.5. The summed E-state index contributed by atoms with van der Waals surface area (Å²) in [7, 11) is 2.01. The number of fused-ring (bicyclic) bond motifs is 5. The quantitative estimate of drug-likeness (QED) is 0.174. The van der Waals surface area contributed by atoms with Gasteiger partial charge in [0.2, 0.25) is 5.52 Å². The van der Waals surface area contributed by atoms with E-state index in [0.717, 1.165) is 52.6 Å². The molecule has 2 aromatic carbocycles. The molecule has 2 aromatic heterocycles. The fourth-order valence-corrected chi connectivity index (χ4v) is 5.81. The van der Waals surface area contributed by atoms with Crippen molar-refractivity contribution >= 4 is 32.7 Å². The highest BCUT2D eigenvalue weighted by Crippen LogP contribution is 2.38. The highest BCUT2D eigenvalue weighted by atomic mass is 127. The monoisotopic (exact) mass is 580 g/mol. The maximum Gasteiger partial charge on any atom is 0.416 e. The Kier molecular flexibility index (Phi) is 7.75. The second-order valence-electron chi connectivity index (χ2n) is 9.75. The van der Waals surface area contributed by atoms with Gasteiger partial charge in [0, 0.05) is 28.9 Å². The number of rotatable bonds is 6. The molecule has 1 saturated carbocycles. The first-order valence-corrected chi connectivity index (χ1v) is 12.3. The third-order valence-corrected chi connectivity index (χ3v) is 7.52. The number of hydrogen-bond acceptors (Lipinski definition) is 0. The average molecular weight is 580 g/mol. The van der Waals surface area contributed by atoms with E-state index in [4.69, 9.17) is 0 Å². The molecule has 0 atom stereocenters. The molecule has 0 bridgehead atoms. The minimum Gasteiger partial charge on any atom is -1.00 e. The van der Waals surface area contributed by atoms with E-state index in [-0.39, 0.29) is 24.0 Å². The molecule has 0 amide bonds. The lowest BCUT2D eigenvalue weighted by Gasteiger charge is -2.21. The summed E-state index contributed by atoms with van der Waals surface area (Å²) in [6, 6.07) is 12.2. The molecular formula is C28H32F3IN2. The first-order chi connectivity index (χ1) is 15.9. The molecule has 0 aliphatic heterocycles. The van der Waals surface area contributed by atoms with Gasteiger partial charge < -0.3 is 28.5 Å². The van der Waals surface area contributed by atoms with Gasteiger partial charge in [-0.15, -0.1) is 0 Å². The number of hydrogen-bond donors (Lipinski definition) is 0. The minimum atomic E-state index is -4.35. The summed E-state index contributed by atoms with van der Waals surface area (Å²) >= 11 is 0. The SMILES string of the molecule is C[n+]1cc2c(c3cc(C(F)(F)F)ccc3n2CCCCCC2CCCCC2)c2ccccc21.[I-].